The molecule has 2 aromatic heterocycles. The molecule has 1 aliphatic rings. The Bertz CT molecular complexity index is 851. The lowest BCUT2D eigenvalue weighted by atomic mass is 10.1. The number of aliphatic hydroxyl groups is 3. The van der Waals surface area contributed by atoms with Crippen molar-refractivity contribution in [1.82, 2.24) is 19.5 Å². The van der Waals surface area contributed by atoms with Gasteiger partial charge in [-0.1, -0.05) is 0 Å². The fourth-order valence-electron chi connectivity index (χ4n) is 2.43. The standard InChI is InChI=1S/C10H14N6O6S/c11-10(19)6(18)4(1-17)22-9(10)16-3-15-5-7(16)13-2-14-8(5)23(12,20)21/h2-4,6,9,17-19H,1,11H2,(H2,12,20,21)/t4-,6-,9-,10-/m1/s1. The second kappa shape index (κ2) is 5.13. The van der Waals surface area contributed by atoms with Crippen molar-refractivity contribution in [2.24, 2.45) is 10.9 Å². The Balaban J connectivity index is 2.16. The van der Waals surface area contributed by atoms with Gasteiger partial charge < -0.3 is 20.1 Å². The molecule has 0 bridgehead atoms. The Hall–Kier alpha value is -1.74. The van der Waals surface area contributed by atoms with E-state index in [9.17, 15) is 18.6 Å². The molecule has 1 saturated heterocycles. The van der Waals surface area contributed by atoms with Crippen LogP contribution in [0.1, 0.15) is 6.23 Å². The van der Waals surface area contributed by atoms with Gasteiger partial charge in [-0.3, -0.25) is 10.3 Å². The van der Waals surface area contributed by atoms with Gasteiger partial charge in [-0.15, -0.1) is 0 Å². The summed E-state index contributed by atoms with van der Waals surface area (Å²) in [5.41, 5.74) is 3.25. The van der Waals surface area contributed by atoms with Crippen molar-refractivity contribution in [1.29, 1.82) is 0 Å². The number of primary sulfonamides is 1. The van der Waals surface area contributed by atoms with Crippen molar-refractivity contribution in [3.63, 3.8) is 0 Å². The van der Waals surface area contributed by atoms with E-state index in [2.05, 4.69) is 15.0 Å². The molecule has 23 heavy (non-hydrogen) atoms. The van der Waals surface area contributed by atoms with Crippen LogP contribution < -0.4 is 10.9 Å². The summed E-state index contributed by atoms with van der Waals surface area (Å²) in [5.74, 6) is 0. The highest BCUT2D eigenvalue weighted by molar-refractivity contribution is 7.89. The van der Waals surface area contributed by atoms with Gasteiger partial charge in [-0.25, -0.2) is 28.5 Å². The van der Waals surface area contributed by atoms with E-state index < -0.39 is 45.8 Å². The molecule has 0 amide bonds. The average molecular weight is 346 g/mol. The van der Waals surface area contributed by atoms with Crippen LogP contribution in [0.2, 0.25) is 0 Å². The summed E-state index contributed by atoms with van der Waals surface area (Å²) < 4.78 is 29.5. The zero-order valence-corrected chi connectivity index (χ0v) is 12.3. The van der Waals surface area contributed by atoms with Gasteiger partial charge in [-0.2, -0.15) is 0 Å². The second-order valence-corrected chi connectivity index (χ2v) is 6.57. The minimum atomic E-state index is -4.15. The fraction of sp³-hybridized carbons (Fsp3) is 0.500. The van der Waals surface area contributed by atoms with Crippen LogP contribution in [0.4, 0.5) is 0 Å². The molecule has 0 spiro atoms. The van der Waals surface area contributed by atoms with Crippen molar-refractivity contribution < 1.29 is 28.5 Å². The number of aromatic nitrogens is 4. The average Bonchev–Trinajstić information content (AvgIpc) is 2.98. The molecule has 2 aromatic rings. The van der Waals surface area contributed by atoms with Crippen LogP contribution >= 0.6 is 0 Å². The van der Waals surface area contributed by atoms with E-state index in [-0.39, 0.29) is 11.2 Å². The van der Waals surface area contributed by atoms with E-state index in [0.29, 0.717) is 0 Å². The van der Waals surface area contributed by atoms with Gasteiger partial charge in [0.1, 0.15) is 24.1 Å². The number of fused-ring (bicyclic) bond motifs is 1. The van der Waals surface area contributed by atoms with Crippen LogP contribution in [-0.2, 0) is 14.8 Å². The van der Waals surface area contributed by atoms with Crippen LogP contribution in [0.3, 0.4) is 0 Å². The Morgan fingerprint density at radius 1 is 1.39 bits per heavy atom. The minimum Gasteiger partial charge on any atom is -0.394 e. The van der Waals surface area contributed by atoms with Gasteiger partial charge in [0.2, 0.25) is 5.03 Å². The summed E-state index contributed by atoms with van der Waals surface area (Å²) in [7, 11) is -4.15. The van der Waals surface area contributed by atoms with Crippen LogP contribution in [-0.4, -0.2) is 67.8 Å². The molecule has 13 heteroatoms. The highest BCUT2D eigenvalue weighted by Gasteiger charge is 2.54. The number of sulfonamides is 1. The van der Waals surface area contributed by atoms with E-state index in [1.54, 1.807) is 0 Å². The third-order valence-electron chi connectivity index (χ3n) is 3.55. The molecule has 0 radical (unpaired) electrons. The number of nitrogens with zero attached hydrogens (tertiary/aromatic N) is 4. The Kier molecular flexibility index (Phi) is 3.60. The lowest BCUT2D eigenvalue weighted by Gasteiger charge is -2.26. The lowest BCUT2D eigenvalue weighted by Crippen LogP contribution is -2.54. The first kappa shape index (κ1) is 16.1. The Labute approximate surface area is 129 Å². The highest BCUT2D eigenvalue weighted by Crippen LogP contribution is 2.36. The van der Waals surface area contributed by atoms with Crippen molar-refractivity contribution >= 4 is 21.2 Å². The summed E-state index contributed by atoms with van der Waals surface area (Å²) in [4.78, 5) is 11.3. The van der Waals surface area contributed by atoms with E-state index in [0.717, 1.165) is 17.2 Å². The predicted octanol–water partition coefficient (Wildman–Crippen LogP) is -3.63. The van der Waals surface area contributed by atoms with Gasteiger partial charge in [0.15, 0.2) is 17.6 Å². The first-order valence-corrected chi connectivity index (χ1v) is 7.88. The molecule has 3 heterocycles. The highest BCUT2D eigenvalue weighted by atomic mass is 32.2. The zero-order chi connectivity index (χ0) is 17.0. The molecule has 0 saturated carbocycles. The molecule has 12 nitrogen and oxygen atoms in total. The number of aliphatic hydroxyl groups excluding tert-OH is 2. The van der Waals surface area contributed by atoms with Gasteiger partial charge in [0.25, 0.3) is 10.0 Å². The van der Waals surface area contributed by atoms with Crippen molar-refractivity contribution in [3.05, 3.63) is 12.7 Å². The van der Waals surface area contributed by atoms with Gasteiger partial charge >= 0.3 is 0 Å². The first-order chi connectivity index (χ1) is 10.7. The van der Waals surface area contributed by atoms with E-state index in [1.165, 1.54) is 0 Å². The van der Waals surface area contributed by atoms with Crippen molar-refractivity contribution in [2.45, 2.75) is 29.2 Å². The summed E-state index contributed by atoms with van der Waals surface area (Å²) in [6.07, 6.45) is -2.00. The normalized spacial score (nSPS) is 31.8. The molecule has 126 valence electrons. The minimum absolute atomic E-state index is 0.0244. The van der Waals surface area contributed by atoms with Gasteiger partial charge in [0, 0.05) is 0 Å². The smallest absolute Gasteiger partial charge is 0.257 e. The molecule has 1 fully saturated rings. The molecular weight excluding hydrogens is 332 g/mol. The molecule has 7 N–H and O–H groups in total. The number of hydrogen-bond donors (Lipinski definition) is 5. The predicted molar refractivity (Wildman–Crippen MR) is 72.8 cm³/mol. The third-order valence-corrected chi connectivity index (χ3v) is 4.39. The number of ether oxygens (including phenoxy) is 1. The van der Waals surface area contributed by atoms with Crippen molar-refractivity contribution in [3.8, 4) is 0 Å². The topological polar surface area (TPSA) is 200 Å². The first-order valence-electron chi connectivity index (χ1n) is 6.34. The number of nitrogens with two attached hydrogens (primary N) is 2. The summed E-state index contributed by atoms with van der Waals surface area (Å²) in [6.45, 7) is -0.582. The maximum Gasteiger partial charge on any atom is 0.257 e. The van der Waals surface area contributed by atoms with Crippen molar-refractivity contribution in [2.75, 3.05) is 6.61 Å². The molecule has 0 unspecified atom stereocenters. The van der Waals surface area contributed by atoms with E-state index in [4.69, 9.17) is 20.7 Å². The zero-order valence-electron chi connectivity index (χ0n) is 11.5. The molecule has 0 aliphatic carbocycles. The Morgan fingerprint density at radius 3 is 2.65 bits per heavy atom. The van der Waals surface area contributed by atoms with Crippen LogP contribution in [0.5, 0.6) is 0 Å². The third kappa shape index (κ3) is 2.38. The Morgan fingerprint density at radius 2 is 2.09 bits per heavy atom. The molecule has 1 aliphatic heterocycles. The van der Waals surface area contributed by atoms with Crippen LogP contribution in [0.15, 0.2) is 17.7 Å². The second-order valence-electron chi connectivity index (χ2n) is 5.09. The summed E-state index contributed by atoms with van der Waals surface area (Å²) in [6, 6.07) is 0. The maximum absolute atomic E-state index is 11.5. The quantitative estimate of drug-likeness (QED) is 0.273. The van der Waals surface area contributed by atoms with Crippen LogP contribution in [0, 0.1) is 0 Å². The molecule has 0 aromatic carbocycles. The summed E-state index contributed by atoms with van der Waals surface area (Å²) in [5, 5.41) is 33.8. The number of imidazole rings is 1. The molecule has 3 rings (SSSR count). The van der Waals surface area contributed by atoms with E-state index >= 15 is 0 Å². The number of rotatable bonds is 3. The molecular formula is C10H14N6O6S. The largest absolute Gasteiger partial charge is 0.394 e. The SMILES string of the molecule is N[C@@]1(O)[C@H](O)[C@@H](CO)O[C@H]1n1cnc2c(S(N)(=O)=O)ncnc21. The number of hydrogen-bond acceptors (Lipinski definition) is 10. The maximum atomic E-state index is 11.5. The fourth-order valence-corrected chi connectivity index (χ4v) is 3.04. The van der Waals surface area contributed by atoms with Crippen LogP contribution in [0.25, 0.3) is 11.2 Å². The van der Waals surface area contributed by atoms with Gasteiger partial charge in [-0.05, 0) is 0 Å². The lowest BCUT2D eigenvalue weighted by molar-refractivity contribution is -0.103. The van der Waals surface area contributed by atoms with Gasteiger partial charge in [0.05, 0.1) is 12.9 Å². The summed E-state index contributed by atoms with van der Waals surface area (Å²) >= 11 is 0. The molecule has 4 atom stereocenters. The van der Waals surface area contributed by atoms with E-state index in [1.807, 2.05) is 0 Å². The monoisotopic (exact) mass is 346 g/mol.